The second-order valence-electron chi connectivity index (χ2n) is 5.74. The van der Waals surface area contributed by atoms with Crippen LogP contribution in [0, 0.1) is 13.8 Å². The molecule has 4 heteroatoms. The van der Waals surface area contributed by atoms with Gasteiger partial charge >= 0.3 is 5.97 Å². The van der Waals surface area contributed by atoms with Crippen molar-refractivity contribution in [3.63, 3.8) is 0 Å². The van der Waals surface area contributed by atoms with E-state index in [1.807, 2.05) is 38.1 Å². The Bertz CT molecular complexity index is 664. The highest BCUT2D eigenvalue weighted by atomic mass is 16.5. The van der Waals surface area contributed by atoms with Crippen LogP contribution in [0.25, 0.3) is 0 Å². The van der Waals surface area contributed by atoms with Crippen LogP contribution in [0.5, 0.6) is 0 Å². The number of benzene rings is 2. The standard InChI is InChI=1S/C20H20O4/c1-14-3-7-16(8-4-14)18(21)11-12-20(23)24-13-19(22)17-9-5-15(2)6-10-17/h3-10H,11-13H2,1-2H3. The smallest absolute Gasteiger partial charge is 0.306 e. The summed E-state index contributed by atoms with van der Waals surface area (Å²) in [6, 6.07) is 14.2. The number of ether oxygens (including phenoxy) is 1. The van der Waals surface area contributed by atoms with Gasteiger partial charge in [-0.15, -0.1) is 0 Å². The van der Waals surface area contributed by atoms with Gasteiger partial charge in [0.25, 0.3) is 0 Å². The molecule has 0 unspecified atom stereocenters. The molecular weight excluding hydrogens is 304 g/mol. The molecule has 0 amide bonds. The molecule has 0 aliphatic heterocycles. The Hall–Kier alpha value is -2.75. The van der Waals surface area contributed by atoms with Gasteiger partial charge < -0.3 is 4.74 Å². The third-order valence-corrected chi connectivity index (χ3v) is 3.67. The van der Waals surface area contributed by atoms with Gasteiger partial charge in [-0.05, 0) is 13.8 Å². The number of hydrogen-bond acceptors (Lipinski definition) is 4. The fourth-order valence-corrected chi connectivity index (χ4v) is 2.14. The first-order chi connectivity index (χ1) is 11.5. The van der Waals surface area contributed by atoms with Crippen molar-refractivity contribution in [2.24, 2.45) is 0 Å². The summed E-state index contributed by atoms with van der Waals surface area (Å²) in [6.45, 7) is 3.57. The average molecular weight is 324 g/mol. The minimum absolute atomic E-state index is 0.0338. The molecule has 0 aliphatic rings. The lowest BCUT2D eigenvalue weighted by molar-refractivity contribution is -0.142. The van der Waals surface area contributed by atoms with Crippen LogP contribution in [0.4, 0.5) is 0 Å². The van der Waals surface area contributed by atoms with Crippen LogP contribution >= 0.6 is 0 Å². The topological polar surface area (TPSA) is 60.4 Å². The Balaban J connectivity index is 1.77. The predicted molar refractivity (Wildman–Crippen MR) is 91.2 cm³/mol. The maximum Gasteiger partial charge on any atom is 0.306 e. The van der Waals surface area contributed by atoms with Crippen molar-refractivity contribution in [3.8, 4) is 0 Å². The maximum atomic E-state index is 12.0. The van der Waals surface area contributed by atoms with Crippen molar-refractivity contribution < 1.29 is 19.1 Å². The van der Waals surface area contributed by atoms with Gasteiger partial charge in [-0.3, -0.25) is 14.4 Å². The monoisotopic (exact) mass is 324 g/mol. The van der Waals surface area contributed by atoms with E-state index in [9.17, 15) is 14.4 Å². The lowest BCUT2D eigenvalue weighted by atomic mass is 10.1. The van der Waals surface area contributed by atoms with Gasteiger partial charge in [-0.1, -0.05) is 59.7 Å². The summed E-state index contributed by atoms with van der Waals surface area (Å²) in [5.74, 6) is -0.916. The van der Waals surface area contributed by atoms with Gasteiger partial charge in [0.2, 0.25) is 0 Å². The molecule has 0 fully saturated rings. The fraction of sp³-hybridized carbons (Fsp3) is 0.250. The highest BCUT2D eigenvalue weighted by Crippen LogP contribution is 2.09. The summed E-state index contributed by atoms with van der Waals surface area (Å²) >= 11 is 0. The number of esters is 1. The van der Waals surface area contributed by atoms with Crippen LogP contribution in [0.2, 0.25) is 0 Å². The van der Waals surface area contributed by atoms with Gasteiger partial charge in [0.05, 0.1) is 6.42 Å². The van der Waals surface area contributed by atoms with E-state index in [0.717, 1.165) is 11.1 Å². The molecule has 0 heterocycles. The highest BCUT2D eigenvalue weighted by molar-refractivity contribution is 5.99. The number of carbonyl (C=O) groups is 3. The second kappa shape index (κ2) is 8.20. The van der Waals surface area contributed by atoms with Crippen LogP contribution in [-0.4, -0.2) is 24.1 Å². The molecule has 0 N–H and O–H groups in total. The number of hydrogen-bond donors (Lipinski definition) is 0. The van der Waals surface area contributed by atoms with E-state index in [-0.39, 0.29) is 31.0 Å². The molecule has 2 aromatic carbocycles. The van der Waals surface area contributed by atoms with E-state index in [2.05, 4.69) is 0 Å². The number of rotatable bonds is 7. The molecule has 124 valence electrons. The SMILES string of the molecule is Cc1ccc(C(=O)CCC(=O)OCC(=O)c2ccc(C)cc2)cc1. The summed E-state index contributed by atoms with van der Waals surface area (Å²) in [7, 11) is 0. The van der Waals surface area contributed by atoms with Crippen LogP contribution < -0.4 is 0 Å². The quantitative estimate of drug-likeness (QED) is 0.575. The first kappa shape index (κ1) is 17.6. The van der Waals surface area contributed by atoms with Crippen molar-refractivity contribution in [1.82, 2.24) is 0 Å². The Kier molecular flexibility index (Phi) is 6.01. The maximum absolute atomic E-state index is 12.0. The van der Waals surface area contributed by atoms with Crippen molar-refractivity contribution in [2.75, 3.05) is 6.61 Å². The zero-order chi connectivity index (χ0) is 17.5. The first-order valence-corrected chi connectivity index (χ1v) is 7.81. The molecule has 2 aromatic rings. The summed E-state index contributed by atoms with van der Waals surface area (Å²) in [5.41, 5.74) is 3.20. The normalized spacial score (nSPS) is 10.2. The Morgan fingerprint density at radius 2 is 1.17 bits per heavy atom. The van der Waals surface area contributed by atoms with E-state index in [4.69, 9.17) is 4.74 Å². The molecule has 0 bridgehead atoms. The molecule has 0 saturated heterocycles. The van der Waals surface area contributed by atoms with Gasteiger partial charge in [0, 0.05) is 17.5 Å². The minimum Gasteiger partial charge on any atom is -0.457 e. The van der Waals surface area contributed by atoms with Gasteiger partial charge in [-0.2, -0.15) is 0 Å². The lowest BCUT2D eigenvalue weighted by Crippen LogP contribution is -2.15. The second-order valence-corrected chi connectivity index (χ2v) is 5.74. The van der Waals surface area contributed by atoms with Crippen molar-refractivity contribution in [3.05, 3.63) is 70.8 Å². The Morgan fingerprint density at radius 1 is 0.708 bits per heavy atom. The number of carbonyl (C=O) groups excluding carboxylic acids is 3. The molecule has 0 saturated carbocycles. The van der Waals surface area contributed by atoms with Gasteiger partial charge in [0.1, 0.15) is 0 Å². The van der Waals surface area contributed by atoms with Crippen LogP contribution in [0.15, 0.2) is 48.5 Å². The highest BCUT2D eigenvalue weighted by Gasteiger charge is 2.12. The minimum atomic E-state index is -0.545. The first-order valence-electron chi connectivity index (χ1n) is 7.81. The van der Waals surface area contributed by atoms with E-state index in [1.54, 1.807) is 24.3 Å². The lowest BCUT2D eigenvalue weighted by Gasteiger charge is -2.05. The third-order valence-electron chi connectivity index (χ3n) is 3.67. The van der Waals surface area contributed by atoms with E-state index < -0.39 is 5.97 Å². The van der Waals surface area contributed by atoms with Gasteiger partial charge in [-0.25, -0.2) is 0 Å². The molecule has 4 nitrogen and oxygen atoms in total. The molecule has 0 aromatic heterocycles. The van der Waals surface area contributed by atoms with Crippen LogP contribution in [0.3, 0.4) is 0 Å². The molecule has 0 aliphatic carbocycles. The molecule has 2 rings (SSSR count). The average Bonchev–Trinajstić information content (AvgIpc) is 2.58. The summed E-state index contributed by atoms with van der Waals surface area (Å²) in [5, 5.41) is 0. The van der Waals surface area contributed by atoms with Crippen LogP contribution in [-0.2, 0) is 9.53 Å². The van der Waals surface area contributed by atoms with Crippen molar-refractivity contribution in [2.45, 2.75) is 26.7 Å². The Labute approximate surface area is 141 Å². The van der Waals surface area contributed by atoms with E-state index in [0.29, 0.717) is 11.1 Å². The molecule has 0 atom stereocenters. The van der Waals surface area contributed by atoms with E-state index in [1.165, 1.54) is 0 Å². The predicted octanol–water partition coefficient (Wildman–Crippen LogP) is 3.69. The number of ketones is 2. The number of aryl methyl sites for hydroxylation is 2. The molecular formula is C20H20O4. The Morgan fingerprint density at radius 3 is 1.67 bits per heavy atom. The molecule has 24 heavy (non-hydrogen) atoms. The van der Waals surface area contributed by atoms with Crippen LogP contribution in [0.1, 0.15) is 44.7 Å². The summed E-state index contributed by atoms with van der Waals surface area (Å²) in [6.07, 6.45) is 0.0362. The largest absolute Gasteiger partial charge is 0.457 e. The number of Topliss-reactive ketones (excluding diaryl/α,β-unsaturated/α-hetero) is 2. The zero-order valence-corrected chi connectivity index (χ0v) is 13.9. The third kappa shape index (κ3) is 5.16. The molecule has 0 spiro atoms. The summed E-state index contributed by atoms with van der Waals surface area (Å²) < 4.78 is 4.95. The summed E-state index contributed by atoms with van der Waals surface area (Å²) in [4.78, 5) is 35.6. The van der Waals surface area contributed by atoms with Gasteiger partial charge in [0.15, 0.2) is 18.2 Å². The zero-order valence-electron chi connectivity index (χ0n) is 13.9. The molecule has 0 radical (unpaired) electrons. The fourth-order valence-electron chi connectivity index (χ4n) is 2.14. The van der Waals surface area contributed by atoms with Crippen molar-refractivity contribution in [1.29, 1.82) is 0 Å². The van der Waals surface area contributed by atoms with E-state index >= 15 is 0 Å². The van der Waals surface area contributed by atoms with Crippen molar-refractivity contribution >= 4 is 17.5 Å².